The maximum atomic E-state index is 13.3. The molecule has 0 unspecified atom stereocenters. The van der Waals surface area contributed by atoms with Crippen molar-refractivity contribution in [2.45, 2.75) is 25.4 Å². The second-order valence-electron chi connectivity index (χ2n) is 8.24. The van der Waals surface area contributed by atoms with E-state index in [1.54, 1.807) is 30.6 Å². The van der Waals surface area contributed by atoms with Gasteiger partial charge in [-0.3, -0.25) is 9.47 Å². The molecule has 5 rings (SSSR count). The van der Waals surface area contributed by atoms with Crippen molar-refractivity contribution >= 4 is 17.0 Å². The van der Waals surface area contributed by atoms with Crippen LogP contribution in [0, 0.1) is 11.6 Å². The lowest BCUT2D eigenvalue weighted by molar-refractivity contribution is -0.135. The van der Waals surface area contributed by atoms with Crippen molar-refractivity contribution in [3.05, 3.63) is 83.9 Å². The first kappa shape index (κ1) is 22.3. The van der Waals surface area contributed by atoms with Gasteiger partial charge in [0.05, 0.1) is 19.0 Å². The second kappa shape index (κ2) is 9.80. The van der Waals surface area contributed by atoms with Gasteiger partial charge in [0.25, 0.3) is 0 Å². The van der Waals surface area contributed by atoms with Gasteiger partial charge in [-0.1, -0.05) is 24.3 Å². The van der Waals surface area contributed by atoms with Gasteiger partial charge in [-0.2, -0.15) is 0 Å². The molecular weight excluding hydrogens is 442 g/mol. The van der Waals surface area contributed by atoms with E-state index in [1.165, 1.54) is 30.6 Å². The van der Waals surface area contributed by atoms with E-state index in [4.69, 9.17) is 4.74 Å². The predicted molar refractivity (Wildman–Crippen MR) is 122 cm³/mol. The van der Waals surface area contributed by atoms with Gasteiger partial charge in [0.1, 0.15) is 24.2 Å². The van der Waals surface area contributed by atoms with Crippen LogP contribution in [0.25, 0.3) is 11.2 Å². The Labute approximate surface area is 194 Å². The number of aromatic nitrogens is 4. The van der Waals surface area contributed by atoms with Gasteiger partial charge in [-0.15, -0.1) is 0 Å². The molecule has 10 heteroatoms. The fourth-order valence-electron chi connectivity index (χ4n) is 4.10. The molecule has 1 fully saturated rings. The molecule has 0 aliphatic carbocycles. The molecule has 176 valence electrons. The van der Waals surface area contributed by atoms with Crippen LogP contribution in [-0.2, 0) is 17.8 Å². The van der Waals surface area contributed by atoms with E-state index >= 15 is 0 Å². The van der Waals surface area contributed by atoms with Gasteiger partial charge in [-0.05, 0) is 35.4 Å². The Morgan fingerprint density at radius 1 is 0.941 bits per heavy atom. The SMILES string of the molecule is OC[C@@H]1CN(Cc2ccc(F)cc2)C[C@H](n2cnc3c(NCc4ccc(F)cc4)ncnc32)O1. The van der Waals surface area contributed by atoms with Crippen molar-refractivity contribution in [3.8, 4) is 0 Å². The standard InChI is InChI=1S/C24H24F2N6O2/c25-18-5-1-16(2-6-18)9-27-23-22-24(29-14-28-23)32(15-30-22)21-12-31(11-20(13-33)34-21)10-17-3-7-19(26)8-4-17/h1-8,14-15,20-21,33H,9-13H2,(H,27,28,29)/t20-,21+/m0/s1. The van der Waals surface area contributed by atoms with Crippen molar-refractivity contribution in [2.24, 2.45) is 0 Å². The summed E-state index contributed by atoms with van der Waals surface area (Å²) in [6.07, 6.45) is 2.31. The van der Waals surface area contributed by atoms with Gasteiger partial charge < -0.3 is 15.2 Å². The third-order valence-electron chi connectivity index (χ3n) is 5.79. The number of aliphatic hydroxyl groups excluding tert-OH is 1. The van der Waals surface area contributed by atoms with E-state index < -0.39 is 6.23 Å². The topological polar surface area (TPSA) is 88.3 Å². The maximum Gasteiger partial charge on any atom is 0.167 e. The summed E-state index contributed by atoms with van der Waals surface area (Å²) in [6.45, 7) is 2.03. The quantitative estimate of drug-likeness (QED) is 0.433. The third kappa shape index (κ3) is 4.89. The minimum absolute atomic E-state index is 0.123. The molecule has 4 aromatic rings. The number of rotatable bonds is 7. The molecule has 2 aromatic carbocycles. The highest BCUT2D eigenvalue weighted by Gasteiger charge is 2.30. The fraction of sp³-hybridized carbons (Fsp3) is 0.292. The molecule has 0 amide bonds. The Kier molecular flexibility index (Phi) is 6.43. The minimum Gasteiger partial charge on any atom is -0.394 e. The molecule has 1 saturated heterocycles. The van der Waals surface area contributed by atoms with Crippen LogP contribution in [0.1, 0.15) is 17.4 Å². The zero-order valence-corrected chi connectivity index (χ0v) is 18.3. The summed E-state index contributed by atoms with van der Waals surface area (Å²) in [5.74, 6) is 0.00469. The number of imidazole rings is 1. The summed E-state index contributed by atoms with van der Waals surface area (Å²) in [6, 6.07) is 12.6. The normalized spacial score (nSPS) is 18.9. The molecule has 2 aromatic heterocycles. The molecule has 2 atom stereocenters. The zero-order valence-electron chi connectivity index (χ0n) is 18.3. The molecule has 8 nitrogen and oxygen atoms in total. The first-order valence-electron chi connectivity index (χ1n) is 11.0. The minimum atomic E-state index is -0.420. The number of halogens is 2. The lowest BCUT2D eigenvalue weighted by Gasteiger charge is -2.37. The third-order valence-corrected chi connectivity index (χ3v) is 5.79. The Hall–Kier alpha value is -3.47. The van der Waals surface area contributed by atoms with Crippen molar-refractivity contribution in [2.75, 3.05) is 25.0 Å². The summed E-state index contributed by atoms with van der Waals surface area (Å²) in [5.41, 5.74) is 3.07. The lowest BCUT2D eigenvalue weighted by Crippen LogP contribution is -2.46. The van der Waals surface area contributed by atoms with E-state index in [0.717, 1.165) is 11.1 Å². The van der Waals surface area contributed by atoms with Crippen molar-refractivity contribution in [1.82, 2.24) is 24.4 Å². The molecule has 0 bridgehead atoms. The van der Waals surface area contributed by atoms with Crippen LogP contribution < -0.4 is 5.32 Å². The molecule has 0 radical (unpaired) electrons. The van der Waals surface area contributed by atoms with E-state index in [0.29, 0.717) is 43.2 Å². The molecule has 3 heterocycles. The maximum absolute atomic E-state index is 13.3. The molecule has 1 aliphatic rings. The number of aliphatic hydroxyl groups is 1. The Bertz CT molecular complexity index is 1250. The zero-order chi connectivity index (χ0) is 23.5. The summed E-state index contributed by atoms with van der Waals surface area (Å²) < 4.78 is 34.4. The summed E-state index contributed by atoms with van der Waals surface area (Å²) in [4.78, 5) is 15.4. The van der Waals surface area contributed by atoms with Gasteiger partial charge in [0, 0.05) is 26.2 Å². The Morgan fingerprint density at radius 2 is 1.65 bits per heavy atom. The van der Waals surface area contributed by atoms with Crippen LogP contribution in [0.5, 0.6) is 0 Å². The lowest BCUT2D eigenvalue weighted by atomic mass is 10.1. The molecule has 2 N–H and O–H groups in total. The number of fused-ring (bicyclic) bond motifs is 1. The monoisotopic (exact) mass is 466 g/mol. The van der Waals surface area contributed by atoms with Gasteiger partial charge in [0.2, 0.25) is 0 Å². The van der Waals surface area contributed by atoms with E-state index in [2.05, 4.69) is 25.2 Å². The van der Waals surface area contributed by atoms with Crippen molar-refractivity contribution < 1.29 is 18.6 Å². The van der Waals surface area contributed by atoms with Gasteiger partial charge in [-0.25, -0.2) is 23.7 Å². The van der Waals surface area contributed by atoms with Gasteiger partial charge in [0.15, 0.2) is 17.0 Å². The van der Waals surface area contributed by atoms with Gasteiger partial charge >= 0.3 is 0 Å². The van der Waals surface area contributed by atoms with Crippen LogP contribution in [0.3, 0.4) is 0 Å². The number of nitrogens with zero attached hydrogens (tertiary/aromatic N) is 5. The van der Waals surface area contributed by atoms with Crippen molar-refractivity contribution in [1.29, 1.82) is 0 Å². The number of hydrogen-bond donors (Lipinski definition) is 2. The first-order chi connectivity index (χ1) is 16.6. The largest absolute Gasteiger partial charge is 0.394 e. The molecule has 0 spiro atoms. The number of hydrogen-bond acceptors (Lipinski definition) is 7. The fourth-order valence-corrected chi connectivity index (χ4v) is 4.10. The number of anilines is 1. The number of morpholine rings is 1. The van der Waals surface area contributed by atoms with Crippen molar-refractivity contribution in [3.63, 3.8) is 0 Å². The van der Waals surface area contributed by atoms with Crippen LogP contribution in [0.15, 0.2) is 61.2 Å². The highest BCUT2D eigenvalue weighted by atomic mass is 19.1. The van der Waals surface area contributed by atoms with E-state index in [-0.39, 0.29) is 24.3 Å². The average molecular weight is 466 g/mol. The molecule has 34 heavy (non-hydrogen) atoms. The van der Waals surface area contributed by atoms with E-state index in [9.17, 15) is 13.9 Å². The smallest absolute Gasteiger partial charge is 0.167 e. The average Bonchev–Trinajstić information content (AvgIpc) is 3.30. The van der Waals surface area contributed by atoms with Crippen LogP contribution in [-0.4, -0.2) is 55.3 Å². The summed E-state index contributed by atoms with van der Waals surface area (Å²) in [7, 11) is 0. The summed E-state index contributed by atoms with van der Waals surface area (Å²) >= 11 is 0. The summed E-state index contributed by atoms with van der Waals surface area (Å²) in [5, 5.41) is 13.0. The predicted octanol–water partition coefficient (Wildman–Crippen LogP) is 3.11. The highest BCUT2D eigenvalue weighted by molar-refractivity contribution is 5.82. The Morgan fingerprint density at radius 3 is 2.35 bits per heavy atom. The van der Waals surface area contributed by atoms with E-state index in [1.807, 2.05) is 4.57 Å². The highest BCUT2D eigenvalue weighted by Crippen LogP contribution is 2.27. The van der Waals surface area contributed by atoms with Crippen LogP contribution in [0.4, 0.5) is 14.6 Å². The number of benzene rings is 2. The number of ether oxygens (including phenoxy) is 1. The molecular formula is C24H24F2N6O2. The molecule has 1 aliphatic heterocycles. The number of nitrogens with one attached hydrogen (secondary N) is 1. The van der Waals surface area contributed by atoms with Crippen LogP contribution in [0.2, 0.25) is 0 Å². The molecule has 0 saturated carbocycles. The Balaban J connectivity index is 1.35. The van der Waals surface area contributed by atoms with Crippen LogP contribution >= 0.6 is 0 Å². The second-order valence-corrected chi connectivity index (χ2v) is 8.24. The first-order valence-corrected chi connectivity index (χ1v) is 11.0.